The molecule has 1 aromatic heterocycles. The van der Waals surface area contributed by atoms with Crippen LogP contribution in [0.15, 0.2) is 48.5 Å². The summed E-state index contributed by atoms with van der Waals surface area (Å²) in [7, 11) is 0. The van der Waals surface area contributed by atoms with Gasteiger partial charge in [0.25, 0.3) is 0 Å². The molecule has 168 valence electrons. The van der Waals surface area contributed by atoms with E-state index in [1.165, 1.54) is 33.4 Å². The van der Waals surface area contributed by atoms with E-state index in [0.717, 1.165) is 56.0 Å². The summed E-state index contributed by atoms with van der Waals surface area (Å²) in [6.45, 7) is 13.7. The fourth-order valence-electron chi connectivity index (χ4n) is 4.83. The van der Waals surface area contributed by atoms with Gasteiger partial charge in [0.15, 0.2) is 0 Å². The van der Waals surface area contributed by atoms with Crippen molar-refractivity contribution in [2.75, 3.05) is 6.54 Å². The summed E-state index contributed by atoms with van der Waals surface area (Å²) < 4.78 is 6.38. The number of hydrogen-bond acceptors (Lipinski definition) is 3. The predicted octanol–water partition coefficient (Wildman–Crippen LogP) is 6.53. The van der Waals surface area contributed by atoms with Gasteiger partial charge in [-0.2, -0.15) is 0 Å². The molecule has 0 bridgehead atoms. The zero-order chi connectivity index (χ0) is 22.7. The molecule has 0 spiro atoms. The van der Waals surface area contributed by atoms with Crippen molar-refractivity contribution in [1.82, 2.24) is 9.88 Å². The van der Waals surface area contributed by atoms with Crippen LogP contribution in [0.4, 0.5) is 0 Å². The van der Waals surface area contributed by atoms with Gasteiger partial charge in [-0.1, -0.05) is 56.3 Å². The van der Waals surface area contributed by atoms with Crippen LogP contribution < -0.4 is 4.74 Å². The summed E-state index contributed by atoms with van der Waals surface area (Å²) in [6.07, 6.45) is 3.22. The van der Waals surface area contributed by atoms with Crippen molar-refractivity contribution in [3.63, 3.8) is 0 Å². The van der Waals surface area contributed by atoms with Crippen molar-refractivity contribution in [2.45, 2.75) is 73.1 Å². The largest absolute Gasteiger partial charge is 0.491 e. The molecule has 1 aliphatic heterocycles. The van der Waals surface area contributed by atoms with Crippen molar-refractivity contribution in [2.24, 2.45) is 0 Å². The van der Waals surface area contributed by atoms with Crippen LogP contribution in [-0.4, -0.2) is 22.5 Å². The lowest BCUT2D eigenvalue weighted by molar-refractivity contribution is 0.218. The molecule has 3 nitrogen and oxygen atoms in total. The maximum atomic E-state index is 6.38. The molecule has 0 N–H and O–H groups in total. The standard InChI is InChI=1S/C29H36N2O/c1-6-22-13-10-14-23(7-2)29(22)27-17-28(32-20(3)4)26(21(5)30-27)19-31-16-15-24-11-8-9-12-25(24)18-31/h8-14,17,20H,6-7,15-16,18-19H2,1-5H3. The molecule has 3 aromatic rings. The van der Waals surface area contributed by atoms with E-state index in [0.29, 0.717) is 0 Å². The Balaban J connectivity index is 1.72. The number of hydrogen-bond donors (Lipinski definition) is 0. The van der Waals surface area contributed by atoms with Crippen molar-refractivity contribution < 1.29 is 4.74 Å². The van der Waals surface area contributed by atoms with E-state index in [2.05, 4.69) is 88.0 Å². The second kappa shape index (κ2) is 9.87. The van der Waals surface area contributed by atoms with Crippen molar-refractivity contribution in [1.29, 1.82) is 0 Å². The fraction of sp³-hybridized carbons (Fsp3) is 0.414. The number of rotatable bonds is 7. The maximum absolute atomic E-state index is 6.38. The molecule has 0 unspecified atom stereocenters. The Hall–Kier alpha value is -2.65. The van der Waals surface area contributed by atoms with Crippen LogP contribution in [0.25, 0.3) is 11.3 Å². The molecule has 4 rings (SSSR count). The first-order valence-electron chi connectivity index (χ1n) is 12.1. The lowest BCUT2D eigenvalue weighted by atomic mass is 9.94. The van der Waals surface area contributed by atoms with E-state index >= 15 is 0 Å². The topological polar surface area (TPSA) is 25.4 Å². The molecule has 32 heavy (non-hydrogen) atoms. The maximum Gasteiger partial charge on any atom is 0.128 e. The fourth-order valence-corrected chi connectivity index (χ4v) is 4.83. The Morgan fingerprint density at radius 3 is 2.31 bits per heavy atom. The van der Waals surface area contributed by atoms with Gasteiger partial charge in [0, 0.05) is 42.5 Å². The van der Waals surface area contributed by atoms with Crippen molar-refractivity contribution in [3.05, 3.63) is 82.0 Å². The number of aromatic nitrogens is 1. The first-order chi connectivity index (χ1) is 15.5. The quantitative estimate of drug-likeness (QED) is 0.428. The van der Waals surface area contributed by atoms with Crippen LogP contribution in [0.5, 0.6) is 5.75 Å². The number of ether oxygens (including phenoxy) is 1. The normalized spacial score (nSPS) is 13.9. The number of pyridine rings is 1. The van der Waals surface area contributed by atoms with Crippen LogP contribution in [0.2, 0.25) is 0 Å². The van der Waals surface area contributed by atoms with Crippen LogP contribution in [0.3, 0.4) is 0 Å². The van der Waals surface area contributed by atoms with Gasteiger partial charge in [0.1, 0.15) is 5.75 Å². The van der Waals surface area contributed by atoms with Crippen LogP contribution in [0.1, 0.15) is 61.2 Å². The molecule has 0 amide bonds. The van der Waals surface area contributed by atoms with E-state index in [4.69, 9.17) is 9.72 Å². The third kappa shape index (κ3) is 4.73. The first-order valence-corrected chi connectivity index (χ1v) is 12.1. The van der Waals surface area contributed by atoms with Crippen LogP contribution in [0, 0.1) is 6.92 Å². The Kier molecular flexibility index (Phi) is 6.95. The number of fused-ring (bicyclic) bond motifs is 1. The van der Waals surface area contributed by atoms with Gasteiger partial charge in [-0.15, -0.1) is 0 Å². The van der Waals surface area contributed by atoms with Crippen LogP contribution >= 0.6 is 0 Å². The third-order valence-corrected chi connectivity index (χ3v) is 6.50. The number of benzene rings is 2. The zero-order valence-corrected chi connectivity index (χ0v) is 20.2. The Morgan fingerprint density at radius 2 is 1.66 bits per heavy atom. The lowest BCUT2D eigenvalue weighted by Gasteiger charge is -2.30. The number of nitrogens with zero attached hydrogens (tertiary/aromatic N) is 2. The van der Waals surface area contributed by atoms with Gasteiger partial charge in [-0.25, -0.2) is 0 Å². The Labute approximate surface area is 193 Å². The molecule has 0 aliphatic carbocycles. The Bertz CT molecular complexity index is 1060. The summed E-state index contributed by atoms with van der Waals surface area (Å²) >= 11 is 0. The molecule has 1 aliphatic rings. The van der Waals surface area contributed by atoms with Crippen LogP contribution in [-0.2, 0) is 32.4 Å². The highest BCUT2D eigenvalue weighted by atomic mass is 16.5. The second-order valence-electron chi connectivity index (χ2n) is 9.12. The number of aryl methyl sites for hydroxylation is 3. The molecule has 0 fully saturated rings. The highest BCUT2D eigenvalue weighted by Gasteiger charge is 2.21. The van der Waals surface area contributed by atoms with Gasteiger partial charge in [-0.3, -0.25) is 9.88 Å². The lowest BCUT2D eigenvalue weighted by Crippen LogP contribution is -2.30. The molecule has 0 radical (unpaired) electrons. The molecular weight excluding hydrogens is 392 g/mol. The summed E-state index contributed by atoms with van der Waals surface area (Å²) in [5.41, 5.74) is 10.2. The zero-order valence-electron chi connectivity index (χ0n) is 20.2. The molecule has 3 heteroatoms. The highest BCUT2D eigenvalue weighted by Crippen LogP contribution is 2.34. The smallest absolute Gasteiger partial charge is 0.128 e. The minimum absolute atomic E-state index is 0.123. The minimum Gasteiger partial charge on any atom is -0.491 e. The Morgan fingerprint density at radius 1 is 0.969 bits per heavy atom. The molecule has 2 heterocycles. The first kappa shape index (κ1) is 22.5. The van der Waals surface area contributed by atoms with E-state index < -0.39 is 0 Å². The van der Waals surface area contributed by atoms with Gasteiger partial charge >= 0.3 is 0 Å². The van der Waals surface area contributed by atoms with Crippen molar-refractivity contribution in [3.8, 4) is 17.0 Å². The molecular formula is C29H36N2O. The average molecular weight is 429 g/mol. The van der Waals surface area contributed by atoms with E-state index in [9.17, 15) is 0 Å². The summed E-state index contributed by atoms with van der Waals surface area (Å²) in [5.74, 6) is 0.981. The van der Waals surface area contributed by atoms with E-state index in [1.807, 2.05) is 0 Å². The summed E-state index contributed by atoms with van der Waals surface area (Å²) in [4.78, 5) is 7.66. The second-order valence-corrected chi connectivity index (χ2v) is 9.12. The van der Waals surface area contributed by atoms with E-state index in [-0.39, 0.29) is 6.10 Å². The molecule has 2 aromatic carbocycles. The molecule has 0 saturated carbocycles. The summed E-state index contributed by atoms with van der Waals surface area (Å²) in [6, 6.07) is 17.6. The minimum atomic E-state index is 0.123. The monoisotopic (exact) mass is 428 g/mol. The molecule has 0 atom stereocenters. The van der Waals surface area contributed by atoms with Gasteiger partial charge in [0.05, 0.1) is 11.8 Å². The highest BCUT2D eigenvalue weighted by molar-refractivity contribution is 5.70. The summed E-state index contributed by atoms with van der Waals surface area (Å²) in [5, 5.41) is 0. The van der Waals surface area contributed by atoms with Crippen molar-refractivity contribution >= 4 is 0 Å². The average Bonchev–Trinajstić information content (AvgIpc) is 2.80. The SMILES string of the molecule is CCc1cccc(CC)c1-c1cc(OC(C)C)c(CN2CCc3ccccc3C2)c(C)n1. The third-order valence-electron chi connectivity index (χ3n) is 6.50. The molecule has 0 saturated heterocycles. The van der Waals surface area contributed by atoms with Gasteiger partial charge in [-0.05, 0) is 62.3 Å². The van der Waals surface area contributed by atoms with E-state index in [1.54, 1.807) is 0 Å². The van der Waals surface area contributed by atoms with Gasteiger partial charge in [0.2, 0.25) is 0 Å². The van der Waals surface area contributed by atoms with Gasteiger partial charge < -0.3 is 4.74 Å². The predicted molar refractivity (Wildman–Crippen MR) is 133 cm³/mol.